The zero-order chi connectivity index (χ0) is 13.8. The third-order valence-corrected chi connectivity index (χ3v) is 3.82. The van der Waals surface area contributed by atoms with Crippen LogP contribution in [0.4, 0.5) is 0 Å². The second kappa shape index (κ2) is 7.48. The van der Waals surface area contributed by atoms with Crippen LogP contribution >= 0.6 is 12.4 Å². The molecule has 0 unspecified atom stereocenters. The van der Waals surface area contributed by atoms with Gasteiger partial charge in [-0.1, -0.05) is 55.3 Å². The Morgan fingerprint density at radius 3 is 2.52 bits per heavy atom. The fourth-order valence-electron chi connectivity index (χ4n) is 2.42. The van der Waals surface area contributed by atoms with E-state index in [1.165, 1.54) is 24.0 Å². The van der Waals surface area contributed by atoms with Crippen molar-refractivity contribution in [1.29, 1.82) is 0 Å². The van der Waals surface area contributed by atoms with Crippen molar-refractivity contribution in [2.45, 2.75) is 31.9 Å². The van der Waals surface area contributed by atoms with E-state index in [4.69, 9.17) is 10.5 Å². The van der Waals surface area contributed by atoms with Gasteiger partial charge in [-0.2, -0.15) is 0 Å². The maximum atomic E-state index is 6.26. The van der Waals surface area contributed by atoms with Crippen LogP contribution in [0.25, 0.3) is 0 Å². The molecular formula is C18H22ClNO. The maximum absolute atomic E-state index is 6.26. The minimum Gasteiger partial charge on any atom is -0.489 e. The van der Waals surface area contributed by atoms with Crippen LogP contribution in [0.1, 0.15) is 36.4 Å². The van der Waals surface area contributed by atoms with Gasteiger partial charge in [-0.3, -0.25) is 0 Å². The van der Waals surface area contributed by atoms with Crippen LogP contribution in [-0.4, -0.2) is 0 Å². The third kappa shape index (κ3) is 4.76. The molecule has 1 aliphatic carbocycles. The predicted molar refractivity (Wildman–Crippen MR) is 88.7 cm³/mol. The van der Waals surface area contributed by atoms with Gasteiger partial charge in [-0.25, -0.2) is 0 Å². The van der Waals surface area contributed by atoms with Crippen molar-refractivity contribution in [3.63, 3.8) is 0 Å². The minimum atomic E-state index is 0. The third-order valence-electron chi connectivity index (χ3n) is 3.82. The summed E-state index contributed by atoms with van der Waals surface area (Å²) in [6.45, 7) is 0.599. The zero-order valence-corrected chi connectivity index (χ0v) is 12.9. The molecule has 21 heavy (non-hydrogen) atoms. The Kier molecular flexibility index (Phi) is 5.66. The quantitative estimate of drug-likeness (QED) is 0.853. The van der Waals surface area contributed by atoms with Crippen LogP contribution < -0.4 is 10.5 Å². The summed E-state index contributed by atoms with van der Waals surface area (Å²) in [6.07, 6.45) is 3.79. The van der Waals surface area contributed by atoms with E-state index in [9.17, 15) is 0 Å². The topological polar surface area (TPSA) is 35.2 Å². The van der Waals surface area contributed by atoms with Crippen molar-refractivity contribution in [2.75, 3.05) is 0 Å². The molecule has 1 fully saturated rings. The van der Waals surface area contributed by atoms with Crippen LogP contribution in [-0.2, 0) is 6.61 Å². The molecule has 1 atom stereocenters. The highest BCUT2D eigenvalue weighted by atomic mass is 35.5. The van der Waals surface area contributed by atoms with Gasteiger partial charge in [0.15, 0.2) is 0 Å². The van der Waals surface area contributed by atoms with E-state index >= 15 is 0 Å². The molecular weight excluding hydrogens is 282 g/mol. The molecule has 0 saturated heterocycles. The van der Waals surface area contributed by atoms with Crippen molar-refractivity contribution in [2.24, 2.45) is 11.7 Å². The lowest BCUT2D eigenvalue weighted by Crippen LogP contribution is -2.11. The first-order valence-electron chi connectivity index (χ1n) is 7.33. The molecule has 0 aliphatic heterocycles. The Morgan fingerprint density at radius 1 is 1.05 bits per heavy atom. The predicted octanol–water partition coefficient (Wildman–Crippen LogP) is 4.49. The number of benzene rings is 2. The van der Waals surface area contributed by atoms with Gasteiger partial charge in [0.2, 0.25) is 0 Å². The number of halogens is 1. The molecule has 1 aliphatic rings. The second-order valence-electron chi connectivity index (χ2n) is 5.63. The average Bonchev–Trinajstić information content (AvgIpc) is 3.30. The van der Waals surface area contributed by atoms with Crippen molar-refractivity contribution in [3.8, 4) is 5.75 Å². The van der Waals surface area contributed by atoms with Crippen molar-refractivity contribution in [1.82, 2.24) is 0 Å². The van der Waals surface area contributed by atoms with E-state index < -0.39 is 0 Å². The molecule has 0 aromatic heterocycles. The van der Waals surface area contributed by atoms with Crippen LogP contribution in [0.15, 0.2) is 54.6 Å². The molecule has 2 aromatic carbocycles. The Balaban J connectivity index is 0.00000161. The number of hydrogen-bond acceptors (Lipinski definition) is 2. The molecule has 0 radical (unpaired) electrons. The van der Waals surface area contributed by atoms with Gasteiger partial charge in [0.05, 0.1) is 0 Å². The number of rotatable bonds is 6. The van der Waals surface area contributed by atoms with Crippen molar-refractivity contribution < 1.29 is 4.74 Å². The van der Waals surface area contributed by atoms with E-state index in [1.54, 1.807) is 0 Å². The average molecular weight is 304 g/mol. The van der Waals surface area contributed by atoms with Gasteiger partial charge < -0.3 is 10.5 Å². The van der Waals surface area contributed by atoms with Crippen molar-refractivity contribution in [3.05, 3.63) is 65.7 Å². The molecule has 2 N–H and O–H groups in total. The van der Waals surface area contributed by atoms with Gasteiger partial charge in [0, 0.05) is 6.04 Å². The Hall–Kier alpha value is -1.51. The van der Waals surface area contributed by atoms with Gasteiger partial charge in [-0.15, -0.1) is 12.4 Å². The largest absolute Gasteiger partial charge is 0.489 e. The summed E-state index contributed by atoms with van der Waals surface area (Å²) in [5.74, 6) is 1.75. The zero-order valence-electron chi connectivity index (χ0n) is 12.1. The number of ether oxygens (including phenoxy) is 1. The smallest absolute Gasteiger partial charge is 0.120 e. The molecule has 2 aromatic rings. The maximum Gasteiger partial charge on any atom is 0.120 e. The van der Waals surface area contributed by atoms with Crippen LogP contribution in [0, 0.1) is 5.92 Å². The molecule has 0 bridgehead atoms. The molecule has 3 heteroatoms. The highest BCUT2D eigenvalue weighted by Crippen LogP contribution is 2.37. The van der Waals surface area contributed by atoms with E-state index in [-0.39, 0.29) is 18.4 Å². The minimum absolute atomic E-state index is 0. The van der Waals surface area contributed by atoms with Gasteiger partial charge >= 0.3 is 0 Å². The molecule has 1 saturated carbocycles. The summed E-state index contributed by atoms with van der Waals surface area (Å²) in [4.78, 5) is 0. The van der Waals surface area contributed by atoms with Crippen molar-refractivity contribution >= 4 is 12.4 Å². The summed E-state index contributed by atoms with van der Waals surface area (Å²) < 4.78 is 5.85. The first-order valence-corrected chi connectivity index (χ1v) is 7.33. The molecule has 0 heterocycles. The Morgan fingerprint density at radius 2 is 1.81 bits per heavy atom. The monoisotopic (exact) mass is 303 g/mol. The molecule has 0 spiro atoms. The summed E-state index contributed by atoms with van der Waals surface area (Å²) >= 11 is 0. The molecule has 3 rings (SSSR count). The van der Waals surface area contributed by atoms with E-state index in [1.807, 2.05) is 30.3 Å². The first-order chi connectivity index (χ1) is 9.81. The van der Waals surface area contributed by atoms with E-state index in [0.717, 1.165) is 18.1 Å². The molecule has 0 amide bonds. The number of hydrogen-bond donors (Lipinski definition) is 1. The highest BCUT2D eigenvalue weighted by Gasteiger charge is 2.24. The van der Waals surface area contributed by atoms with Crippen LogP contribution in [0.3, 0.4) is 0 Å². The fourth-order valence-corrected chi connectivity index (χ4v) is 2.42. The van der Waals surface area contributed by atoms with E-state index in [2.05, 4.69) is 24.3 Å². The standard InChI is InChI=1S/C18H21NO.ClH/c19-18(11-14-9-10-14)16-7-4-8-17(12-16)20-13-15-5-2-1-3-6-15;/h1-8,12,14,18H,9-11,13,19H2;1H/t18-;/m1./s1. The summed E-state index contributed by atoms with van der Waals surface area (Å²) in [6, 6.07) is 18.6. The van der Waals surface area contributed by atoms with Gasteiger partial charge in [-0.05, 0) is 35.6 Å². The normalized spacial score (nSPS) is 15.1. The van der Waals surface area contributed by atoms with Crippen LogP contribution in [0.2, 0.25) is 0 Å². The lowest BCUT2D eigenvalue weighted by molar-refractivity contribution is 0.305. The van der Waals surface area contributed by atoms with Gasteiger partial charge in [0.25, 0.3) is 0 Å². The molecule has 112 valence electrons. The number of nitrogens with two attached hydrogens (primary N) is 1. The molecule has 2 nitrogen and oxygen atoms in total. The van der Waals surface area contributed by atoms with Crippen LogP contribution in [0.5, 0.6) is 5.75 Å². The fraction of sp³-hybridized carbons (Fsp3) is 0.333. The summed E-state index contributed by atoms with van der Waals surface area (Å²) in [5.41, 5.74) is 8.62. The Labute approximate surface area is 132 Å². The first kappa shape index (κ1) is 15.9. The Bertz CT molecular complexity index is 554. The highest BCUT2D eigenvalue weighted by molar-refractivity contribution is 5.85. The summed E-state index contributed by atoms with van der Waals surface area (Å²) in [7, 11) is 0. The summed E-state index contributed by atoms with van der Waals surface area (Å²) in [5, 5.41) is 0. The second-order valence-corrected chi connectivity index (χ2v) is 5.63. The lowest BCUT2D eigenvalue weighted by Gasteiger charge is -2.13. The van der Waals surface area contributed by atoms with Gasteiger partial charge in [0.1, 0.15) is 12.4 Å². The lowest BCUT2D eigenvalue weighted by atomic mass is 10.0. The SMILES string of the molecule is Cl.N[C@H](CC1CC1)c1cccc(OCc2ccccc2)c1. The van der Waals surface area contributed by atoms with E-state index in [0.29, 0.717) is 6.61 Å².